The summed E-state index contributed by atoms with van der Waals surface area (Å²) in [5.74, 6) is -2.37. The highest BCUT2D eigenvalue weighted by Crippen LogP contribution is 2.31. The van der Waals surface area contributed by atoms with Gasteiger partial charge in [-0.15, -0.1) is 0 Å². The third-order valence-electron chi connectivity index (χ3n) is 3.52. The van der Waals surface area contributed by atoms with Crippen LogP contribution in [0.2, 0.25) is 0 Å². The molecule has 130 valence electrons. The predicted octanol–water partition coefficient (Wildman–Crippen LogP) is 3.17. The Morgan fingerprint density at radius 2 is 1.56 bits per heavy atom. The first kappa shape index (κ1) is 18.2. The molecular formula is C19H18O6. The molecule has 0 aliphatic rings. The molecule has 0 amide bonds. The molecule has 2 rings (SSSR count). The van der Waals surface area contributed by atoms with Crippen LogP contribution in [0, 0.1) is 0 Å². The van der Waals surface area contributed by atoms with Gasteiger partial charge in [0.05, 0.1) is 5.56 Å². The van der Waals surface area contributed by atoms with Gasteiger partial charge in [-0.05, 0) is 25.0 Å². The van der Waals surface area contributed by atoms with Crippen LogP contribution < -0.4 is 4.74 Å². The topological polar surface area (TPSA) is 101 Å². The fraction of sp³-hybridized carbons (Fsp3) is 0.211. The number of aromatic hydroxyl groups is 1. The maximum absolute atomic E-state index is 12.4. The summed E-state index contributed by atoms with van der Waals surface area (Å²) in [6.07, 6.45) is 0.751. The second kappa shape index (κ2) is 8.63. The molecule has 0 heterocycles. The normalized spacial score (nSPS) is 10.2. The third kappa shape index (κ3) is 5.17. The van der Waals surface area contributed by atoms with Crippen molar-refractivity contribution in [2.75, 3.05) is 0 Å². The van der Waals surface area contributed by atoms with Crippen molar-refractivity contribution < 1.29 is 29.3 Å². The molecule has 25 heavy (non-hydrogen) atoms. The lowest BCUT2D eigenvalue weighted by Crippen LogP contribution is -2.09. The van der Waals surface area contributed by atoms with Crippen molar-refractivity contribution in [2.24, 2.45) is 0 Å². The summed E-state index contributed by atoms with van der Waals surface area (Å²) in [4.78, 5) is 34.6. The Bertz CT molecular complexity index is 767. The Hall–Kier alpha value is -3.15. The van der Waals surface area contributed by atoms with E-state index in [4.69, 9.17) is 9.84 Å². The minimum Gasteiger partial charge on any atom is -0.504 e. The molecule has 2 N–H and O–H groups in total. The lowest BCUT2D eigenvalue weighted by atomic mass is 10.0. The number of aliphatic carboxylic acids is 1. The van der Waals surface area contributed by atoms with E-state index in [9.17, 15) is 19.5 Å². The highest BCUT2D eigenvalue weighted by atomic mass is 16.5. The van der Waals surface area contributed by atoms with Gasteiger partial charge in [-0.25, -0.2) is 0 Å². The van der Waals surface area contributed by atoms with Crippen LogP contribution in [0.3, 0.4) is 0 Å². The van der Waals surface area contributed by atoms with E-state index < -0.39 is 17.7 Å². The zero-order valence-corrected chi connectivity index (χ0v) is 13.5. The highest BCUT2D eigenvalue weighted by Gasteiger charge is 2.18. The fourth-order valence-corrected chi connectivity index (χ4v) is 2.25. The number of unbranched alkanes of at least 4 members (excludes halogenated alkanes) is 1. The van der Waals surface area contributed by atoms with Gasteiger partial charge < -0.3 is 14.9 Å². The number of carboxylic acids is 1. The molecule has 2 aromatic carbocycles. The van der Waals surface area contributed by atoms with Crippen LogP contribution in [0.1, 0.15) is 41.6 Å². The average molecular weight is 342 g/mol. The fourth-order valence-electron chi connectivity index (χ4n) is 2.25. The standard InChI is InChI=1S/C19H18O6/c20-16(21)11-4-5-12-17(22)25-15-10-6-9-14(19(15)24)18(23)13-7-2-1-3-8-13/h1-3,6-10,24H,4-5,11-12H2,(H,20,21). The number of phenolic OH excluding ortho intramolecular Hbond substituents is 1. The van der Waals surface area contributed by atoms with Crippen molar-refractivity contribution in [1.82, 2.24) is 0 Å². The number of carboxylic acid groups (broad SMARTS) is 1. The van der Waals surface area contributed by atoms with Gasteiger partial charge in [0, 0.05) is 18.4 Å². The molecule has 0 saturated heterocycles. The van der Waals surface area contributed by atoms with Gasteiger partial charge in [-0.1, -0.05) is 36.4 Å². The molecular weight excluding hydrogens is 324 g/mol. The molecule has 0 fully saturated rings. The second-order valence-corrected chi connectivity index (χ2v) is 5.42. The molecule has 0 aromatic heterocycles. The lowest BCUT2D eigenvalue weighted by Gasteiger charge is -2.09. The average Bonchev–Trinajstić information content (AvgIpc) is 2.60. The molecule has 0 radical (unpaired) electrons. The van der Waals surface area contributed by atoms with Crippen molar-refractivity contribution in [3.05, 3.63) is 59.7 Å². The summed E-state index contributed by atoms with van der Waals surface area (Å²) in [6.45, 7) is 0. The lowest BCUT2D eigenvalue weighted by molar-refractivity contribution is -0.138. The first-order chi connectivity index (χ1) is 12.0. The summed E-state index contributed by atoms with van der Waals surface area (Å²) >= 11 is 0. The minimum atomic E-state index is -0.918. The number of esters is 1. The van der Waals surface area contributed by atoms with E-state index in [2.05, 4.69) is 0 Å². The minimum absolute atomic E-state index is 0.0143. The number of carbonyl (C=O) groups excluding carboxylic acids is 2. The van der Waals surface area contributed by atoms with Crippen molar-refractivity contribution in [1.29, 1.82) is 0 Å². The van der Waals surface area contributed by atoms with Crippen molar-refractivity contribution in [3.63, 3.8) is 0 Å². The van der Waals surface area contributed by atoms with E-state index >= 15 is 0 Å². The number of ether oxygens (including phenoxy) is 1. The molecule has 0 atom stereocenters. The van der Waals surface area contributed by atoms with E-state index in [1.165, 1.54) is 18.2 Å². The molecule has 0 saturated carbocycles. The number of benzene rings is 2. The van der Waals surface area contributed by atoms with E-state index in [0.29, 0.717) is 18.4 Å². The zero-order chi connectivity index (χ0) is 18.2. The molecule has 6 heteroatoms. The SMILES string of the molecule is O=C(O)CCCCC(=O)Oc1cccc(C(=O)c2ccccc2)c1O. The molecule has 0 aliphatic carbocycles. The summed E-state index contributed by atoms with van der Waals surface area (Å²) in [5.41, 5.74) is 0.456. The number of phenols is 1. The number of carbonyl (C=O) groups is 3. The van der Waals surface area contributed by atoms with E-state index in [1.54, 1.807) is 30.3 Å². The van der Waals surface area contributed by atoms with Crippen LogP contribution in [0.4, 0.5) is 0 Å². The summed E-state index contributed by atoms with van der Waals surface area (Å²) in [6, 6.07) is 12.8. The van der Waals surface area contributed by atoms with Gasteiger partial charge in [0.2, 0.25) is 0 Å². The van der Waals surface area contributed by atoms with E-state index in [0.717, 1.165) is 0 Å². The quantitative estimate of drug-likeness (QED) is 0.331. The van der Waals surface area contributed by atoms with Crippen LogP contribution in [0.15, 0.2) is 48.5 Å². The van der Waals surface area contributed by atoms with Gasteiger partial charge in [-0.3, -0.25) is 14.4 Å². The maximum Gasteiger partial charge on any atom is 0.311 e. The number of para-hydroxylation sites is 1. The first-order valence-corrected chi connectivity index (χ1v) is 7.83. The number of rotatable bonds is 8. The van der Waals surface area contributed by atoms with Gasteiger partial charge in [-0.2, -0.15) is 0 Å². The first-order valence-electron chi connectivity index (χ1n) is 7.83. The third-order valence-corrected chi connectivity index (χ3v) is 3.52. The van der Waals surface area contributed by atoms with Crippen LogP contribution >= 0.6 is 0 Å². The number of hydrogen-bond acceptors (Lipinski definition) is 5. The van der Waals surface area contributed by atoms with Crippen LogP contribution in [-0.4, -0.2) is 27.9 Å². The maximum atomic E-state index is 12.4. The van der Waals surface area contributed by atoms with Crippen LogP contribution in [0.5, 0.6) is 11.5 Å². The number of hydrogen-bond donors (Lipinski definition) is 2. The summed E-state index contributed by atoms with van der Waals surface area (Å²) in [7, 11) is 0. The smallest absolute Gasteiger partial charge is 0.311 e. The van der Waals surface area contributed by atoms with E-state index in [1.807, 2.05) is 0 Å². The van der Waals surface area contributed by atoms with Crippen molar-refractivity contribution >= 4 is 17.7 Å². The van der Waals surface area contributed by atoms with Crippen molar-refractivity contribution in [2.45, 2.75) is 25.7 Å². The molecule has 0 bridgehead atoms. The zero-order valence-electron chi connectivity index (χ0n) is 13.5. The predicted molar refractivity (Wildman–Crippen MR) is 89.7 cm³/mol. The van der Waals surface area contributed by atoms with Gasteiger partial charge in [0.25, 0.3) is 0 Å². The molecule has 0 unspecified atom stereocenters. The Morgan fingerprint density at radius 3 is 2.24 bits per heavy atom. The Morgan fingerprint density at radius 1 is 0.880 bits per heavy atom. The number of ketones is 1. The van der Waals surface area contributed by atoms with Crippen molar-refractivity contribution in [3.8, 4) is 11.5 Å². The van der Waals surface area contributed by atoms with Crippen LogP contribution in [0.25, 0.3) is 0 Å². The molecule has 2 aromatic rings. The Kier molecular flexibility index (Phi) is 6.28. The van der Waals surface area contributed by atoms with Gasteiger partial charge >= 0.3 is 11.9 Å². The summed E-state index contributed by atoms with van der Waals surface area (Å²) in [5, 5.41) is 18.8. The van der Waals surface area contributed by atoms with Gasteiger partial charge in [0.1, 0.15) is 0 Å². The van der Waals surface area contributed by atoms with Crippen LogP contribution in [-0.2, 0) is 9.59 Å². The Labute approximate surface area is 144 Å². The molecule has 0 spiro atoms. The Balaban J connectivity index is 2.04. The largest absolute Gasteiger partial charge is 0.504 e. The molecule has 6 nitrogen and oxygen atoms in total. The second-order valence-electron chi connectivity index (χ2n) is 5.42. The molecule has 0 aliphatic heterocycles. The monoisotopic (exact) mass is 342 g/mol. The summed E-state index contributed by atoms with van der Waals surface area (Å²) < 4.78 is 5.09. The van der Waals surface area contributed by atoms with E-state index in [-0.39, 0.29) is 29.9 Å². The highest BCUT2D eigenvalue weighted by molar-refractivity contribution is 6.11. The van der Waals surface area contributed by atoms with Gasteiger partial charge in [0.15, 0.2) is 17.3 Å².